The van der Waals surface area contributed by atoms with Crippen LogP contribution in [0.1, 0.15) is 21.5 Å². The van der Waals surface area contributed by atoms with E-state index in [-0.39, 0.29) is 13.2 Å². The lowest BCUT2D eigenvalue weighted by molar-refractivity contribution is -0.136. The van der Waals surface area contributed by atoms with E-state index in [4.69, 9.17) is 14.2 Å². The van der Waals surface area contributed by atoms with Gasteiger partial charge < -0.3 is 14.2 Å². The summed E-state index contributed by atoms with van der Waals surface area (Å²) >= 11 is 0. The maximum Gasteiger partial charge on any atom is 0.349 e. The van der Waals surface area contributed by atoms with Gasteiger partial charge in [0.25, 0.3) is 0 Å². The van der Waals surface area contributed by atoms with Crippen LogP contribution in [0.25, 0.3) is 0 Å². The molecule has 5 heteroatoms. The van der Waals surface area contributed by atoms with Crippen LogP contribution in [0.3, 0.4) is 0 Å². The van der Waals surface area contributed by atoms with Gasteiger partial charge in [-0.15, -0.1) is 6.58 Å². The van der Waals surface area contributed by atoms with Crippen LogP contribution in [0.5, 0.6) is 11.5 Å². The summed E-state index contributed by atoms with van der Waals surface area (Å²) < 4.78 is 16.1. The Morgan fingerprint density at radius 3 is 2.30 bits per heavy atom. The van der Waals surface area contributed by atoms with E-state index in [9.17, 15) is 9.59 Å². The third kappa shape index (κ3) is 6.07. The van der Waals surface area contributed by atoms with Crippen LogP contribution >= 0.6 is 0 Å². The molecule has 0 saturated heterocycles. The monoisotopic (exact) mass is 402 g/mol. The van der Waals surface area contributed by atoms with Crippen molar-refractivity contribution >= 4 is 11.9 Å². The van der Waals surface area contributed by atoms with E-state index in [2.05, 4.69) is 6.58 Å². The molecule has 3 rings (SSSR count). The minimum absolute atomic E-state index is 0.196. The minimum atomic E-state index is -0.539. The van der Waals surface area contributed by atoms with Crippen molar-refractivity contribution in [2.24, 2.45) is 0 Å². The number of para-hydroxylation sites is 1. The quantitative estimate of drug-likeness (QED) is 0.293. The fraction of sp³-hybridized carbons (Fsp3) is 0.120. The molecule has 30 heavy (non-hydrogen) atoms. The summed E-state index contributed by atoms with van der Waals surface area (Å²) in [6.07, 6.45) is 2.42. The topological polar surface area (TPSA) is 61.8 Å². The molecular formula is C25H22O5. The van der Waals surface area contributed by atoms with Crippen LogP contribution in [-0.2, 0) is 22.6 Å². The standard InChI is InChI=1S/C25H22O5/c1-2-8-20-11-6-7-12-23(20)28-18-24(26)30-22-15-13-21(14-16-22)25(27)29-17-19-9-4-3-5-10-19/h2-7,9-16H,1,8,17-18H2. The number of carbonyl (C=O) groups excluding carboxylic acids is 2. The average molecular weight is 402 g/mol. The highest BCUT2D eigenvalue weighted by atomic mass is 16.6. The Labute approximate surface area is 175 Å². The molecule has 3 aromatic rings. The average Bonchev–Trinajstić information content (AvgIpc) is 2.78. The second kappa shape index (κ2) is 10.6. The molecule has 0 aromatic heterocycles. The molecule has 0 spiro atoms. The van der Waals surface area contributed by atoms with Crippen LogP contribution < -0.4 is 9.47 Å². The second-order valence-corrected chi connectivity index (χ2v) is 6.45. The van der Waals surface area contributed by atoms with Gasteiger partial charge in [0, 0.05) is 0 Å². The lowest BCUT2D eigenvalue weighted by atomic mass is 10.1. The van der Waals surface area contributed by atoms with Gasteiger partial charge in [0.05, 0.1) is 5.56 Å². The first-order valence-electron chi connectivity index (χ1n) is 9.49. The number of hydrogen-bond acceptors (Lipinski definition) is 5. The number of allylic oxidation sites excluding steroid dienone is 1. The van der Waals surface area contributed by atoms with Crippen molar-refractivity contribution in [2.45, 2.75) is 13.0 Å². The predicted octanol–water partition coefficient (Wildman–Crippen LogP) is 4.76. The van der Waals surface area contributed by atoms with Gasteiger partial charge in [0.15, 0.2) is 6.61 Å². The number of rotatable bonds is 9. The molecular weight excluding hydrogens is 380 g/mol. The third-order valence-corrected chi connectivity index (χ3v) is 4.22. The van der Waals surface area contributed by atoms with E-state index < -0.39 is 11.9 Å². The summed E-state index contributed by atoms with van der Waals surface area (Å²) in [5, 5.41) is 0. The largest absolute Gasteiger partial charge is 0.482 e. The molecule has 0 radical (unpaired) electrons. The Morgan fingerprint density at radius 1 is 0.867 bits per heavy atom. The number of carbonyl (C=O) groups is 2. The molecule has 0 aliphatic carbocycles. The van der Waals surface area contributed by atoms with Crippen LogP contribution in [0.15, 0.2) is 91.5 Å². The molecule has 0 saturated carbocycles. The Morgan fingerprint density at radius 2 is 1.57 bits per heavy atom. The Bertz CT molecular complexity index is 994. The smallest absolute Gasteiger partial charge is 0.349 e. The molecule has 0 atom stereocenters. The van der Waals surface area contributed by atoms with Gasteiger partial charge in [-0.05, 0) is 47.9 Å². The van der Waals surface area contributed by atoms with Gasteiger partial charge in [-0.1, -0.05) is 54.6 Å². The summed E-state index contributed by atoms with van der Waals surface area (Å²) in [5.74, 6) is -0.0462. The summed E-state index contributed by atoms with van der Waals surface area (Å²) in [6, 6.07) is 23.1. The van der Waals surface area contributed by atoms with Crippen molar-refractivity contribution in [3.05, 3.63) is 108 Å². The van der Waals surface area contributed by atoms with Gasteiger partial charge in [0.1, 0.15) is 18.1 Å². The molecule has 0 bridgehead atoms. The normalized spacial score (nSPS) is 10.1. The zero-order valence-corrected chi connectivity index (χ0v) is 16.5. The molecule has 0 aliphatic heterocycles. The van der Waals surface area contributed by atoms with Crippen LogP contribution in [0, 0.1) is 0 Å². The molecule has 0 aliphatic rings. The summed E-state index contributed by atoms with van der Waals surface area (Å²) in [4.78, 5) is 24.2. The number of ether oxygens (including phenoxy) is 3. The summed E-state index contributed by atoms with van der Waals surface area (Å²) in [6.45, 7) is 3.68. The van der Waals surface area contributed by atoms with Gasteiger partial charge in [0.2, 0.25) is 0 Å². The molecule has 5 nitrogen and oxygen atoms in total. The number of esters is 2. The zero-order valence-electron chi connectivity index (χ0n) is 16.5. The van der Waals surface area contributed by atoms with Gasteiger partial charge in [-0.2, -0.15) is 0 Å². The Balaban J connectivity index is 1.49. The highest BCUT2D eigenvalue weighted by Crippen LogP contribution is 2.19. The zero-order chi connectivity index (χ0) is 21.2. The van der Waals surface area contributed by atoms with Crippen LogP contribution in [-0.4, -0.2) is 18.5 Å². The van der Waals surface area contributed by atoms with E-state index in [0.29, 0.717) is 23.5 Å². The lowest BCUT2D eigenvalue weighted by Gasteiger charge is -2.10. The van der Waals surface area contributed by atoms with E-state index in [0.717, 1.165) is 11.1 Å². The minimum Gasteiger partial charge on any atom is -0.482 e. The SMILES string of the molecule is C=CCc1ccccc1OCC(=O)Oc1ccc(C(=O)OCc2ccccc2)cc1. The van der Waals surface area contributed by atoms with Gasteiger partial charge in [-0.25, -0.2) is 9.59 Å². The third-order valence-electron chi connectivity index (χ3n) is 4.22. The van der Waals surface area contributed by atoms with Crippen molar-refractivity contribution in [2.75, 3.05) is 6.61 Å². The van der Waals surface area contributed by atoms with Crippen LogP contribution in [0.2, 0.25) is 0 Å². The molecule has 0 N–H and O–H groups in total. The van der Waals surface area contributed by atoms with Crippen molar-refractivity contribution in [3.63, 3.8) is 0 Å². The highest BCUT2D eigenvalue weighted by molar-refractivity contribution is 5.89. The van der Waals surface area contributed by atoms with Crippen molar-refractivity contribution < 1.29 is 23.8 Å². The summed E-state index contributed by atoms with van der Waals surface area (Å²) in [7, 11) is 0. The Kier molecular flexibility index (Phi) is 7.39. The highest BCUT2D eigenvalue weighted by Gasteiger charge is 2.11. The maximum atomic E-state index is 12.1. The van der Waals surface area contributed by atoms with Gasteiger partial charge in [-0.3, -0.25) is 0 Å². The van der Waals surface area contributed by atoms with E-state index in [1.807, 2.05) is 48.5 Å². The van der Waals surface area contributed by atoms with E-state index in [1.165, 1.54) is 0 Å². The van der Waals surface area contributed by atoms with Crippen molar-refractivity contribution in [1.82, 2.24) is 0 Å². The molecule has 0 heterocycles. The summed E-state index contributed by atoms with van der Waals surface area (Å²) in [5.41, 5.74) is 2.23. The van der Waals surface area contributed by atoms with Crippen LogP contribution in [0.4, 0.5) is 0 Å². The van der Waals surface area contributed by atoms with Gasteiger partial charge >= 0.3 is 11.9 Å². The first-order valence-corrected chi connectivity index (χ1v) is 9.49. The second-order valence-electron chi connectivity index (χ2n) is 6.45. The predicted molar refractivity (Wildman–Crippen MR) is 113 cm³/mol. The molecule has 0 unspecified atom stereocenters. The molecule has 3 aromatic carbocycles. The fourth-order valence-corrected chi connectivity index (χ4v) is 2.73. The van der Waals surface area contributed by atoms with E-state index >= 15 is 0 Å². The van der Waals surface area contributed by atoms with Crippen molar-refractivity contribution in [3.8, 4) is 11.5 Å². The first kappa shape index (κ1) is 20.9. The van der Waals surface area contributed by atoms with Crippen molar-refractivity contribution in [1.29, 1.82) is 0 Å². The van der Waals surface area contributed by atoms with E-state index in [1.54, 1.807) is 36.4 Å². The number of benzene rings is 3. The first-order chi connectivity index (χ1) is 14.7. The Hall–Kier alpha value is -3.86. The lowest BCUT2D eigenvalue weighted by Crippen LogP contribution is -2.18. The fourth-order valence-electron chi connectivity index (χ4n) is 2.73. The maximum absolute atomic E-state index is 12.1. The molecule has 152 valence electrons. The molecule has 0 fully saturated rings. The number of hydrogen-bond donors (Lipinski definition) is 0. The molecule has 0 amide bonds.